The molecule has 28 heavy (non-hydrogen) atoms. The number of ether oxygens (including phenoxy) is 1. The van der Waals surface area contributed by atoms with Gasteiger partial charge in [-0.25, -0.2) is 4.98 Å². The summed E-state index contributed by atoms with van der Waals surface area (Å²) in [7, 11) is 0. The highest BCUT2D eigenvalue weighted by Crippen LogP contribution is 2.29. The molecule has 3 rings (SSSR count). The van der Waals surface area contributed by atoms with Crippen LogP contribution in [0.3, 0.4) is 0 Å². The van der Waals surface area contributed by atoms with Gasteiger partial charge < -0.3 is 10.1 Å². The largest absolute Gasteiger partial charge is 0.379 e. The lowest BCUT2D eigenvalue weighted by molar-refractivity contribution is -0.121. The summed E-state index contributed by atoms with van der Waals surface area (Å²) in [5.41, 5.74) is 4.55. The summed E-state index contributed by atoms with van der Waals surface area (Å²) >= 11 is 1.62. The molecule has 1 atom stereocenters. The molecule has 1 amide bonds. The number of nitrogens with one attached hydrogen (secondary N) is 1. The summed E-state index contributed by atoms with van der Waals surface area (Å²) < 4.78 is 5.41. The molecule has 152 valence electrons. The van der Waals surface area contributed by atoms with Gasteiger partial charge in [0.1, 0.15) is 0 Å². The Kier molecular flexibility index (Phi) is 7.21. The number of carbonyl (C=O) groups excluding carboxylic acids is 1. The van der Waals surface area contributed by atoms with Crippen LogP contribution < -0.4 is 5.32 Å². The molecule has 1 fully saturated rings. The van der Waals surface area contributed by atoms with Crippen LogP contribution in [0.15, 0.2) is 18.2 Å². The van der Waals surface area contributed by atoms with Crippen LogP contribution in [0.2, 0.25) is 0 Å². The van der Waals surface area contributed by atoms with Gasteiger partial charge in [0.05, 0.1) is 30.3 Å². The van der Waals surface area contributed by atoms with E-state index >= 15 is 0 Å². The van der Waals surface area contributed by atoms with Gasteiger partial charge in [-0.2, -0.15) is 0 Å². The zero-order valence-electron chi connectivity index (χ0n) is 17.4. The fraction of sp³-hybridized carbons (Fsp3) is 0.545. The smallest absolute Gasteiger partial charge is 0.225 e. The van der Waals surface area contributed by atoms with Gasteiger partial charge in [-0.1, -0.05) is 19.1 Å². The van der Waals surface area contributed by atoms with Crippen LogP contribution in [-0.2, 0) is 16.0 Å². The molecule has 5 nitrogen and oxygen atoms in total. The number of rotatable bonds is 7. The standard InChI is InChI=1S/C22H31N3O2S/c1-5-19(14-25-8-10-27-11-9-25)24-21(26)13-20-22(23-17(4)28-20)18-7-6-15(2)16(3)12-18/h6-7,12,19H,5,8-11,13-14H2,1-4H3,(H,24,26). The predicted molar refractivity (Wildman–Crippen MR) is 115 cm³/mol. The van der Waals surface area contributed by atoms with E-state index < -0.39 is 0 Å². The third-order valence-electron chi connectivity index (χ3n) is 5.35. The van der Waals surface area contributed by atoms with E-state index in [0.717, 1.165) is 60.4 Å². The summed E-state index contributed by atoms with van der Waals surface area (Å²) in [6, 6.07) is 6.56. The van der Waals surface area contributed by atoms with Crippen molar-refractivity contribution in [3.05, 3.63) is 39.2 Å². The summed E-state index contributed by atoms with van der Waals surface area (Å²) in [6.45, 7) is 12.7. The van der Waals surface area contributed by atoms with E-state index in [1.54, 1.807) is 11.3 Å². The van der Waals surface area contributed by atoms with Crippen LogP contribution in [-0.4, -0.2) is 54.7 Å². The lowest BCUT2D eigenvalue weighted by Crippen LogP contribution is -2.47. The zero-order valence-corrected chi connectivity index (χ0v) is 18.2. The van der Waals surface area contributed by atoms with Crippen LogP contribution in [0.1, 0.15) is 34.4 Å². The summed E-state index contributed by atoms with van der Waals surface area (Å²) in [4.78, 5) is 20.9. The zero-order chi connectivity index (χ0) is 20.1. The maximum absolute atomic E-state index is 12.8. The maximum Gasteiger partial charge on any atom is 0.225 e. The van der Waals surface area contributed by atoms with E-state index in [9.17, 15) is 4.79 Å². The van der Waals surface area contributed by atoms with Crippen molar-refractivity contribution in [3.63, 3.8) is 0 Å². The Labute approximate surface area is 172 Å². The number of hydrogen-bond donors (Lipinski definition) is 1. The van der Waals surface area contributed by atoms with Crippen molar-refractivity contribution in [3.8, 4) is 11.3 Å². The van der Waals surface area contributed by atoms with Gasteiger partial charge in [0.25, 0.3) is 0 Å². The fourth-order valence-electron chi connectivity index (χ4n) is 3.50. The van der Waals surface area contributed by atoms with Crippen molar-refractivity contribution < 1.29 is 9.53 Å². The molecule has 1 N–H and O–H groups in total. The molecule has 2 heterocycles. The topological polar surface area (TPSA) is 54.5 Å². The molecule has 6 heteroatoms. The summed E-state index contributed by atoms with van der Waals surface area (Å²) in [5.74, 6) is 0.0776. The molecule has 1 aromatic heterocycles. The highest BCUT2D eigenvalue weighted by molar-refractivity contribution is 7.12. The second-order valence-electron chi connectivity index (χ2n) is 7.57. The van der Waals surface area contributed by atoms with Crippen molar-refractivity contribution in [2.24, 2.45) is 0 Å². The Balaban J connectivity index is 1.67. The van der Waals surface area contributed by atoms with Gasteiger partial charge in [0, 0.05) is 36.1 Å². The molecule has 0 aliphatic carbocycles. The highest BCUT2D eigenvalue weighted by Gasteiger charge is 2.20. The van der Waals surface area contributed by atoms with Crippen molar-refractivity contribution in [2.45, 2.75) is 46.6 Å². The Morgan fingerprint density at radius 1 is 1.25 bits per heavy atom. The minimum Gasteiger partial charge on any atom is -0.379 e. The molecule has 2 aromatic rings. The Morgan fingerprint density at radius 3 is 2.68 bits per heavy atom. The quantitative estimate of drug-likeness (QED) is 0.771. The predicted octanol–water partition coefficient (Wildman–Crippen LogP) is 3.50. The molecule has 0 bridgehead atoms. The molecule has 0 radical (unpaired) electrons. The number of amides is 1. The number of hydrogen-bond acceptors (Lipinski definition) is 5. The Hall–Kier alpha value is -1.76. The normalized spacial score (nSPS) is 16.1. The maximum atomic E-state index is 12.8. The number of aromatic nitrogens is 1. The number of nitrogens with zero attached hydrogens (tertiary/aromatic N) is 2. The van der Waals surface area contributed by atoms with Crippen molar-refractivity contribution >= 4 is 17.2 Å². The second-order valence-corrected chi connectivity index (χ2v) is 8.85. The third kappa shape index (κ3) is 5.40. The number of carbonyl (C=O) groups is 1. The van der Waals surface area contributed by atoms with Crippen LogP contribution in [0, 0.1) is 20.8 Å². The van der Waals surface area contributed by atoms with E-state index in [0.29, 0.717) is 6.42 Å². The first-order valence-corrected chi connectivity index (χ1v) is 10.9. The van der Waals surface area contributed by atoms with E-state index in [1.807, 2.05) is 6.92 Å². The molecule has 1 unspecified atom stereocenters. The number of thiazole rings is 1. The summed E-state index contributed by atoms with van der Waals surface area (Å²) in [6.07, 6.45) is 1.31. The minimum atomic E-state index is 0.0776. The minimum absolute atomic E-state index is 0.0776. The van der Waals surface area contributed by atoms with Gasteiger partial charge in [-0.05, 0) is 44.4 Å². The number of morpholine rings is 1. The molecule has 0 saturated carbocycles. The van der Waals surface area contributed by atoms with Crippen LogP contribution in [0.5, 0.6) is 0 Å². The lowest BCUT2D eigenvalue weighted by atomic mass is 10.0. The average Bonchev–Trinajstić information content (AvgIpc) is 3.04. The summed E-state index contributed by atoms with van der Waals surface area (Å²) in [5, 5.41) is 4.23. The lowest BCUT2D eigenvalue weighted by Gasteiger charge is -2.30. The molecule has 1 aliphatic rings. The molecule has 1 saturated heterocycles. The molecule has 1 aromatic carbocycles. The van der Waals surface area contributed by atoms with Crippen LogP contribution in [0.4, 0.5) is 0 Å². The van der Waals surface area contributed by atoms with Crippen LogP contribution in [0.25, 0.3) is 11.3 Å². The van der Waals surface area contributed by atoms with Crippen molar-refractivity contribution in [1.29, 1.82) is 0 Å². The highest BCUT2D eigenvalue weighted by atomic mass is 32.1. The Morgan fingerprint density at radius 2 is 2.00 bits per heavy atom. The monoisotopic (exact) mass is 401 g/mol. The van der Waals surface area contributed by atoms with Crippen molar-refractivity contribution in [1.82, 2.24) is 15.2 Å². The molecular formula is C22H31N3O2S. The van der Waals surface area contributed by atoms with E-state index in [-0.39, 0.29) is 11.9 Å². The first kappa shape index (κ1) is 21.0. The molecule has 0 spiro atoms. The van der Waals surface area contributed by atoms with Crippen molar-refractivity contribution in [2.75, 3.05) is 32.8 Å². The third-order valence-corrected chi connectivity index (χ3v) is 6.32. The van der Waals surface area contributed by atoms with E-state index in [4.69, 9.17) is 9.72 Å². The van der Waals surface area contributed by atoms with Crippen LogP contribution >= 0.6 is 11.3 Å². The fourth-order valence-corrected chi connectivity index (χ4v) is 4.46. The molecule has 1 aliphatic heterocycles. The number of benzene rings is 1. The van der Waals surface area contributed by atoms with E-state index in [1.165, 1.54) is 11.1 Å². The SMILES string of the molecule is CCC(CN1CCOCC1)NC(=O)Cc1sc(C)nc1-c1ccc(C)c(C)c1. The van der Waals surface area contributed by atoms with E-state index in [2.05, 4.69) is 49.2 Å². The first-order valence-electron chi connectivity index (χ1n) is 10.1. The van der Waals surface area contributed by atoms with Gasteiger partial charge in [0.2, 0.25) is 5.91 Å². The van der Waals surface area contributed by atoms with Gasteiger partial charge in [0.15, 0.2) is 0 Å². The van der Waals surface area contributed by atoms with Gasteiger partial charge >= 0.3 is 0 Å². The Bertz CT molecular complexity index is 812. The second kappa shape index (κ2) is 9.63. The number of aryl methyl sites for hydroxylation is 3. The van der Waals surface area contributed by atoms with Gasteiger partial charge in [-0.3, -0.25) is 9.69 Å². The van der Waals surface area contributed by atoms with Gasteiger partial charge in [-0.15, -0.1) is 11.3 Å². The first-order chi connectivity index (χ1) is 13.5. The molecular weight excluding hydrogens is 370 g/mol. The average molecular weight is 402 g/mol.